The van der Waals surface area contributed by atoms with E-state index < -0.39 is 0 Å². The Balaban J connectivity index is 0.000000845. The molecule has 0 spiro atoms. The van der Waals surface area contributed by atoms with Crippen molar-refractivity contribution in [1.29, 1.82) is 0 Å². The van der Waals surface area contributed by atoms with Crippen molar-refractivity contribution in [2.75, 3.05) is 31.2 Å². The zero-order chi connectivity index (χ0) is 8.23. The second-order valence-corrected chi connectivity index (χ2v) is 2.86. The Morgan fingerprint density at radius 2 is 1.77 bits per heavy atom. The fourth-order valence-electron chi connectivity index (χ4n) is 1.41. The monoisotopic (exact) mass is 169 g/mol. The van der Waals surface area contributed by atoms with E-state index in [1.165, 1.54) is 5.69 Å². The fourth-order valence-corrected chi connectivity index (χ4v) is 1.41. The third kappa shape index (κ3) is 2.77. The standard InChI is InChI=1S/C10H12NO.Li/c1-2-4-10(5-3-1)11-6-8-12-9-7-11;/h2-5H,6-9H2;/q-1;+1. The summed E-state index contributed by atoms with van der Waals surface area (Å²) in [6.07, 6.45) is 0. The molecule has 0 N–H and O–H groups in total. The van der Waals surface area contributed by atoms with E-state index >= 15 is 0 Å². The first-order valence-electron chi connectivity index (χ1n) is 4.25. The van der Waals surface area contributed by atoms with Crippen LogP contribution in [0.1, 0.15) is 0 Å². The molecule has 1 aliphatic rings. The third-order valence-corrected chi connectivity index (χ3v) is 2.08. The Kier molecular flexibility index (Phi) is 4.38. The first-order valence-corrected chi connectivity index (χ1v) is 4.25. The molecule has 3 heteroatoms. The SMILES string of the molecule is [Li+].[c-]1ccc(N2CCOCC2)cc1. The van der Waals surface area contributed by atoms with E-state index in [2.05, 4.69) is 23.1 Å². The summed E-state index contributed by atoms with van der Waals surface area (Å²) in [6.45, 7) is 3.70. The quantitative estimate of drug-likeness (QED) is 0.368. The Morgan fingerprint density at radius 3 is 2.38 bits per heavy atom. The maximum Gasteiger partial charge on any atom is 1.00 e. The van der Waals surface area contributed by atoms with E-state index in [1.54, 1.807) is 0 Å². The van der Waals surface area contributed by atoms with Gasteiger partial charge in [-0.2, -0.15) is 18.2 Å². The molecule has 13 heavy (non-hydrogen) atoms. The maximum atomic E-state index is 5.27. The number of ether oxygens (including phenoxy) is 1. The summed E-state index contributed by atoms with van der Waals surface area (Å²) in [7, 11) is 0. The Morgan fingerprint density at radius 1 is 1.15 bits per heavy atom. The van der Waals surface area contributed by atoms with Crippen LogP contribution in [0.15, 0.2) is 24.3 Å². The second-order valence-electron chi connectivity index (χ2n) is 2.86. The zero-order valence-electron chi connectivity index (χ0n) is 7.99. The summed E-state index contributed by atoms with van der Waals surface area (Å²) in [5.74, 6) is 0. The third-order valence-electron chi connectivity index (χ3n) is 2.08. The Labute approximate surface area is 91.1 Å². The fraction of sp³-hybridized carbons (Fsp3) is 0.400. The largest absolute Gasteiger partial charge is 1.00 e. The summed E-state index contributed by atoms with van der Waals surface area (Å²) >= 11 is 0. The molecule has 0 radical (unpaired) electrons. The molecule has 1 aromatic carbocycles. The molecular formula is C10H12LiNO. The average molecular weight is 169 g/mol. The van der Waals surface area contributed by atoms with Gasteiger partial charge in [-0.05, 0) is 0 Å². The van der Waals surface area contributed by atoms with Crippen LogP contribution in [0.3, 0.4) is 0 Å². The molecule has 1 aliphatic heterocycles. The van der Waals surface area contributed by atoms with Crippen LogP contribution in [0, 0.1) is 6.07 Å². The number of rotatable bonds is 1. The molecular weight excluding hydrogens is 157 g/mol. The number of nitrogens with zero attached hydrogens (tertiary/aromatic N) is 1. The Bertz CT molecular complexity index is 234. The Hall–Kier alpha value is -0.423. The topological polar surface area (TPSA) is 12.5 Å². The molecule has 0 unspecified atom stereocenters. The van der Waals surface area contributed by atoms with Gasteiger partial charge in [0, 0.05) is 13.1 Å². The molecule has 1 aromatic rings. The molecule has 64 valence electrons. The minimum absolute atomic E-state index is 0. The molecule has 0 atom stereocenters. The molecule has 0 aliphatic carbocycles. The number of hydrogen-bond acceptors (Lipinski definition) is 2. The molecule has 1 saturated heterocycles. The van der Waals surface area contributed by atoms with E-state index in [0.717, 1.165) is 26.3 Å². The van der Waals surface area contributed by atoms with Crippen LogP contribution in [0.4, 0.5) is 5.69 Å². The van der Waals surface area contributed by atoms with Gasteiger partial charge in [0.15, 0.2) is 0 Å². The summed E-state index contributed by atoms with van der Waals surface area (Å²) in [5, 5.41) is 0. The van der Waals surface area contributed by atoms with Gasteiger partial charge in [0.1, 0.15) is 0 Å². The summed E-state index contributed by atoms with van der Waals surface area (Å²) in [5.41, 5.74) is 1.28. The predicted octanol–water partition coefficient (Wildman–Crippen LogP) is -1.67. The van der Waals surface area contributed by atoms with Gasteiger partial charge in [-0.1, -0.05) is 5.69 Å². The first kappa shape index (κ1) is 10.7. The molecule has 0 saturated carbocycles. The van der Waals surface area contributed by atoms with E-state index in [4.69, 9.17) is 4.74 Å². The second kappa shape index (κ2) is 5.34. The smallest absolute Gasteiger partial charge is 0.389 e. The van der Waals surface area contributed by atoms with Crippen molar-refractivity contribution in [3.8, 4) is 0 Å². The predicted molar refractivity (Wildman–Crippen MR) is 48.3 cm³/mol. The maximum absolute atomic E-state index is 5.27. The number of anilines is 1. The van der Waals surface area contributed by atoms with Gasteiger partial charge in [-0.25, -0.2) is 0 Å². The van der Waals surface area contributed by atoms with Crippen molar-refractivity contribution in [3.63, 3.8) is 0 Å². The molecule has 2 nitrogen and oxygen atoms in total. The van der Waals surface area contributed by atoms with Crippen molar-refractivity contribution in [2.45, 2.75) is 0 Å². The molecule has 1 heterocycles. The average Bonchev–Trinajstić information content (AvgIpc) is 2.21. The normalized spacial score (nSPS) is 16.5. The van der Waals surface area contributed by atoms with Crippen LogP contribution in [0.2, 0.25) is 0 Å². The molecule has 0 amide bonds. The van der Waals surface area contributed by atoms with Crippen LogP contribution in [-0.4, -0.2) is 26.3 Å². The van der Waals surface area contributed by atoms with E-state index in [0.29, 0.717) is 0 Å². The minimum atomic E-state index is 0. The van der Waals surface area contributed by atoms with Gasteiger partial charge >= 0.3 is 18.9 Å². The molecule has 1 fully saturated rings. The number of benzene rings is 1. The van der Waals surface area contributed by atoms with E-state index in [-0.39, 0.29) is 18.9 Å². The molecule has 2 rings (SSSR count). The van der Waals surface area contributed by atoms with Crippen LogP contribution in [-0.2, 0) is 4.74 Å². The van der Waals surface area contributed by atoms with Crippen molar-refractivity contribution in [1.82, 2.24) is 0 Å². The number of hydrogen-bond donors (Lipinski definition) is 0. The van der Waals surface area contributed by atoms with Gasteiger partial charge in [0.25, 0.3) is 0 Å². The number of morpholine rings is 1. The van der Waals surface area contributed by atoms with Crippen LogP contribution >= 0.6 is 0 Å². The van der Waals surface area contributed by atoms with Crippen LogP contribution in [0.25, 0.3) is 0 Å². The van der Waals surface area contributed by atoms with Gasteiger partial charge in [-0.3, -0.25) is 0 Å². The van der Waals surface area contributed by atoms with Crippen LogP contribution in [0.5, 0.6) is 0 Å². The van der Waals surface area contributed by atoms with Crippen molar-refractivity contribution in [2.24, 2.45) is 0 Å². The molecule has 0 aromatic heterocycles. The van der Waals surface area contributed by atoms with Crippen molar-refractivity contribution < 1.29 is 23.6 Å². The van der Waals surface area contributed by atoms with Gasteiger partial charge in [0.05, 0.1) is 13.2 Å². The van der Waals surface area contributed by atoms with Gasteiger partial charge in [-0.15, -0.1) is 12.1 Å². The van der Waals surface area contributed by atoms with Gasteiger partial charge < -0.3 is 9.64 Å². The summed E-state index contributed by atoms with van der Waals surface area (Å²) in [6, 6.07) is 11.1. The van der Waals surface area contributed by atoms with Crippen molar-refractivity contribution >= 4 is 5.69 Å². The summed E-state index contributed by atoms with van der Waals surface area (Å²) in [4.78, 5) is 2.33. The zero-order valence-corrected chi connectivity index (χ0v) is 7.99. The van der Waals surface area contributed by atoms with Crippen molar-refractivity contribution in [3.05, 3.63) is 30.3 Å². The minimum Gasteiger partial charge on any atom is -0.389 e. The first-order chi connectivity index (χ1) is 5.97. The summed E-state index contributed by atoms with van der Waals surface area (Å²) < 4.78 is 5.27. The molecule has 0 bridgehead atoms. The van der Waals surface area contributed by atoms with Gasteiger partial charge in [0.2, 0.25) is 0 Å². The van der Waals surface area contributed by atoms with E-state index in [1.807, 2.05) is 12.1 Å². The van der Waals surface area contributed by atoms with E-state index in [9.17, 15) is 0 Å². The van der Waals surface area contributed by atoms with Crippen LogP contribution < -0.4 is 23.8 Å².